The lowest BCUT2D eigenvalue weighted by Gasteiger charge is -2.29. The molecule has 1 N–H and O–H groups in total. The number of carboxylic acid groups (broad SMARTS) is 1. The van der Waals surface area contributed by atoms with E-state index in [4.69, 9.17) is 4.74 Å². The van der Waals surface area contributed by atoms with Crippen LogP contribution in [0.3, 0.4) is 0 Å². The zero-order valence-corrected chi connectivity index (χ0v) is 13.7. The quantitative estimate of drug-likeness (QED) is 0.714. The number of benzene rings is 2. The largest absolute Gasteiger partial charge is 0.486 e. The lowest BCUT2D eigenvalue weighted by molar-refractivity contribution is 0.0694. The Balaban J connectivity index is 2.04. The van der Waals surface area contributed by atoms with Gasteiger partial charge in [0.2, 0.25) is 11.2 Å². The van der Waals surface area contributed by atoms with E-state index in [1.165, 1.54) is 4.57 Å². The molecule has 2 aromatic carbocycles. The molecule has 0 unspecified atom stereocenters. The highest BCUT2D eigenvalue weighted by atomic mass is 19.2. The highest BCUT2D eigenvalue weighted by Gasteiger charge is 2.33. The van der Waals surface area contributed by atoms with Gasteiger partial charge in [-0.05, 0) is 12.0 Å². The Labute approximate surface area is 150 Å². The maximum absolute atomic E-state index is 14.4. The fraction of sp³-hybridized carbons (Fsp3) is 0.158. The molecule has 1 aromatic heterocycles. The van der Waals surface area contributed by atoms with Crippen molar-refractivity contribution in [3.8, 4) is 5.75 Å². The summed E-state index contributed by atoms with van der Waals surface area (Å²) in [5, 5.41) is 8.46. The van der Waals surface area contributed by atoms with Gasteiger partial charge in [0, 0.05) is 6.20 Å². The molecule has 5 nitrogen and oxygen atoms in total. The Bertz CT molecular complexity index is 1140. The van der Waals surface area contributed by atoms with E-state index in [1.807, 2.05) is 30.3 Å². The van der Waals surface area contributed by atoms with Gasteiger partial charge in [-0.3, -0.25) is 4.79 Å². The molecule has 3 aromatic rings. The highest BCUT2D eigenvalue weighted by Crippen LogP contribution is 2.38. The van der Waals surface area contributed by atoms with Crippen molar-refractivity contribution in [1.29, 1.82) is 0 Å². The first kappa shape index (κ1) is 17.1. The van der Waals surface area contributed by atoms with Crippen LogP contribution in [0, 0.1) is 17.5 Å². The molecule has 8 heteroatoms. The first-order valence-electron chi connectivity index (χ1n) is 8.05. The maximum Gasteiger partial charge on any atom is 0.341 e. The van der Waals surface area contributed by atoms with Crippen molar-refractivity contribution in [2.45, 2.75) is 12.5 Å². The molecule has 27 heavy (non-hydrogen) atoms. The fourth-order valence-corrected chi connectivity index (χ4v) is 3.35. The van der Waals surface area contributed by atoms with Gasteiger partial charge in [0.15, 0.2) is 17.4 Å². The maximum atomic E-state index is 14.4. The number of hydrogen-bond donors (Lipinski definition) is 1. The lowest BCUT2D eigenvalue weighted by Crippen LogP contribution is -2.30. The molecule has 138 valence electrons. The van der Waals surface area contributed by atoms with Crippen molar-refractivity contribution < 1.29 is 27.8 Å². The lowest BCUT2D eigenvalue weighted by atomic mass is 10.0. The van der Waals surface area contributed by atoms with Gasteiger partial charge in [0.25, 0.3) is 0 Å². The molecule has 0 spiro atoms. The van der Waals surface area contributed by atoms with Crippen LogP contribution in [0.4, 0.5) is 13.2 Å². The predicted octanol–water partition coefficient (Wildman–Crippen LogP) is 3.29. The van der Waals surface area contributed by atoms with Crippen LogP contribution in [0.2, 0.25) is 0 Å². The predicted molar refractivity (Wildman–Crippen MR) is 89.7 cm³/mol. The second-order valence-electron chi connectivity index (χ2n) is 6.23. The number of hydrogen-bond acceptors (Lipinski definition) is 3. The monoisotopic (exact) mass is 375 g/mol. The summed E-state index contributed by atoms with van der Waals surface area (Å²) in [5.41, 5.74) is -1.36. The molecular formula is C19H12F3NO4. The Kier molecular flexibility index (Phi) is 3.91. The van der Waals surface area contributed by atoms with E-state index >= 15 is 0 Å². The Morgan fingerprint density at radius 2 is 1.85 bits per heavy atom. The SMILES string of the molecule is O=C(O)c1cn2c3c(c(F)c(F)c(F)c3c1=O)OC[C@@H]2Cc1ccccc1. The third-order valence-corrected chi connectivity index (χ3v) is 4.61. The third kappa shape index (κ3) is 2.56. The third-order valence-electron chi connectivity index (χ3n) is 4.61. The van der Waals surface area contributed by atoms with Gasteiger partial charge in [0.05, 0.1) is 11.4 Å². The summed E-state index contributed by atoms with van der Waals surface area (Å²) >= 11 is 0. The number of ether oxygens (including phenoxy) is 1. The highest BCUT2D eigenvalue weighted by molar-refractivity contribution is 5.95. The second-order valence-corrected chi connectivity index (χ2v) is 6.23. The summed E-state index contributed by atoms with van der Waals surface area (Å²) < 4.78 is 49.0. The van der Waals surface area contributed by atoms with Crippen molar-refractivity contribution in [2.24, 2.45) is 0 Å². The van der Waals surface area contributed by atoms with Crippen molar-refractivity contribution in [2.75, 3.05) is 6.61 Å². The van der Waals surface area contributed by atoms with Gasteiger partial charge in [-0.2, -0.15) is 4.39 Å². The topological polar surface area (TPSA) is 68.5 Å². The number of aromatic carboxylic acids is 1. The number of carbonyl (C=O) groups is 1. The second kappa shape index (κ2) is 6.15. The van der Waals surface area contributed by atoms with Crippen molar-refractivity contribution in [3.63, 3.8) is 0 Å². The minimum absolute atomic E-state index is 0.0963. The Morgan fingerprint density at radius 3 is 2.52 bits per heavy atom. The summed E-state index contributed by atoms with van der Waals surface area (Å²) in [7, 11) is 0. The Hall–Kier alpha value is -3.29. The Morgan fingerprint density at radius 1 is 1.15 bits per heavy atom. The van der Waals surface area contributed by atoms with Gasteiger partial charge in [-0.1, -0.05) is 30.3 Å². The van der Waals surface area contributed by atoms with Gasteiger partial charge in [-0.15, -0.1) is 0 Å². The van der Waals surface area contributed by atoms with E-state index in [2.05, 4.69) is 0 Å². The van der Waals surface area contributed by atoms with Crippen LogP contribution in [0.15, 0.2) is 41.3 Å². The van der Waals surface area contributed by atoms with Crippen molar-refractivity contribution >= 4 is 16.9 Å². The number of pyridine rings is 1. The smallest absolute Gasteiger partial charge is 0.341 e. The molecular weight excluding hydrogens is 363 g/mol. The van der Waals surface area contributed by atoms with Gasteiger partial charge in [-0.25, -0.2) is 13.6 Å². The summed E-state index contributed by atoms with van der Waals surface area (Å²) in [6.07, 6.45) is 1.39. The normalized spacial score (nSPS) is 15.6. The molecule has 0 radical (unpaired) electrons. The number of halogens is 3. The summed E-state index contributed by atoms with van der Waals surface area (Å²) in [6.45, 7) is -0.0963. The number of nitrogens with zero attached hydrogens (tertiary/aromatic N) is 1. The molecule has 2 heterocycles. The van der Waals surface area contributed by atoms with Gasteiger partial charge in [0.1, 0.15) is 17.7 Å². The van der Waals surface area contributed by atoms with E-state index in [0.29, 0.717) is 6.42 Å². The van der Waals surface area contributed by atoms with Crippen LogP contribution in [-0.2, 0) is 6.42 Å². The summed E-state index contributed by atoms with van der Waals surface area (Å²) in [5.74, 6) is -7.32. The molecule has 4 rings (SSSR count). The van der Waals surface area contributed by atoms with E-state index in [0.717, 1.165) is 11.8 Å². The van der Waals surface area contributed by atoms with Crippen LogP contribution in [0.1, 0.15) is 22.0 Å². The molecule has 0 fully saturated rings. The molecule has 0 amide bonds. The zero-order valence-electron chi connectivity index (χ0n) is 13.7. The van der Waals surface area contributed by atoms with Gasteiger partial charge >= 0.3 is 5.97 Å². The molecule has 1 aliphatic heterocycles. The van der Waals surface area contributed by atoms with Crippen molar-refractivity contribution in [1.82, 2.24) is 4.57 Å². The van der Waals surface area contributed by atoms with E-state index in [-0.39, 0.29) is 12.1 Å². The van der Waals surface area contributed by atoms with E-state index < -0.39 is 51.6 Å². The zero-order chi connectivity index (χ0) is 19.3. The average Bonchev–Trinajstić information content (AvgIpc) is 2.66. The standard InChI is InChI=1S/C19H12F3NO4/c20-13-12-16-18(15(22)14(13)21)27-8-10(6-9-4-2-1-3-5-9)23(16)7-11(17(12)24)19(25)26/h1-5,7,10H,6,8H2,(H,25,26)/t10-/m0/s1. The fourth-order valence-electron chi connectivity index (χ4n) is 3.35. The van der Waals surface area contributed by atoms with E-state index in [9.17, 15) is 27.9 Å². The minimum atomic E-state index is -1.87. The molecule has 1 aliphatic rings. The minimum Gasteiger partial charge on any atom is -0.486 e. The number of rotatable bonds is 3. The first-order valence-corrected chi connectivity index (χ1v) is 8.05. The van der Waals surface area contributed by atoms with Crippen LogP contribution in [-0.4, -0.2) is 22.2 Å². The van der Waals surface area contributed by atoms with Crippen LogP contribution in [0.5, 0.6) is 5.75 Å². The van der Waals surface area contributed by atoms with Crippen LogP contribution in [0.25, 0.3) is 10.9 Å². The number of carboxylic acids is 1. The average molecular weight is 375 g/mol. The molecule has 0 saturated heterocycles. The molecule has 0 saturated carbocycles. The molecule has 0 aliphatic carbocycles. The molecule has 0 bridgehead atoms. The van der Waals surface area contributed by atoms with Crippen LogP contribution < -0.4 is 10.2 Å². The molecule has 1 atom stereocenters. The van der Waals surface area contributed by atoms with Crippen molar-refractivity contribution in [3.05, 3.63) is 75.3 Å². The summed E-state index contributed by atoms with van der Waals surface area (Å²) in [6, 6.07) is 8.57. The van der Waals surface area contributed by atoms with E-state index in [1.54, 1.807) is 0 Å². The summed E-state index contributed by atoms with van der Waals surface area (Å²) in [4.78, 5) is 23.8. The number of aromatic nitrogens is 1. The first-order chi connectivity index (χ1) is 12.9. The van der Waals surface area contributed by atoms with Crippen LogP contribution >= 0.6 is 0 Å². The van der Waals surface area contributed by atoms with Gasteiger partial charge < -0.3 is 14.4 Å².